The predicted molar refractivity (Wildman–Crippen MR) is 158 cm³/mol. The molecule has 3 aliphatic rings. The number of hydrogen-bond acceptors (Lipinski definition) is 8. The first kappa shape index (κ1) is 30.7. The molecule has 6 atom stereocenters. The van der Waals surface area contributed by atoms with Crippen LogP contribution in [0.1, 0.15) is 81.2 Å². The van der Waals surface area contributed by atoms with Crippen LogP contribution in [0.15, 0.2) is 36.4 Å². The molecule has 43 heavy (non-hydrogen) atoms. The molecule has 2 N–H and O–H groups in total. The molecule has 0 amide bonds. The van der Waals surface area contributed by atoms with Crippen molar-refractivity contribution in [3.8, 4) is 16.9 Å². The highest BCUT2D eigenvalue weighted by atomic mass is 16.3. The molecule has 0 saturated heterocycles. The lowest BCUT2D eigenvalue weighted by molar-refractivity contribution is -0.205. The molecule has 3 aliphatic carbocycles. The number of fused-ring (bicyclic) bond motifs is 3. The zero-order valence-electron chi connectivity index (χ0n) is 25.6. The van der Waals surface area contributed by atoms with Crippen molar-refractivity contribution >= 4 is 34.7 Å². The molecule has 0 heterocycles. The summed E-state index contributed by atoms with van der Waals surface area (Å²) in [5, 5.41) is 23.1. The molecular formula is C35H38O8. The molecule has 8 heteroatoms. The fourth-order valence-electron chi connectivity index (χ4n) is 8.58. The number of aromatic hydroxyl groups is 1. The van der Waals surface area contributed by atoms with E-state index in [1.54, 1.807) is 52.0 Å². The summed E-state index contributed by atoms with van der Waals surface area (Å²) in [6.07, 6.45) is 0.107. The zero-order chi connectivity index (χ0) is 32.0. The Bertz CT molecular complexity index is 1630. The first-order valence-electron chi connectivity index (χ1n) is 14.8. The smallest absolute Gasteiger partial charge is 0.190 e. The summed E-state index contributed by atoms with van der Waals surface area (Å²) in [6, 6.07) is 10.1. The largest absolute Gasteiger partial charge is 0.507 e. The Morgan fingerprint density at radius 1 is 0.953 bits per heavy atom. The maximum atomic E-state index is 14.4. The average molecular weight is 587 g/mol. The minimum atomic E-state index is -2.73. The number of rotatable bonds is 5. The maximum absolute atomic E-state index is 14.4. The van der Waals surface area contributed by atoms with Crippen LogP contribution in [0.4, 0.5) is 0 Å². The molecule has 0 aliphatic heterocycles. The Kier molecular flexibility index (Phi) is 7.04. The zero-order valence-corrected chi connectivity index (χ0v) is 25.6. The van der Waals surface area contributed by atoms with Crippen LogP contribution < -0.4 is 0 Å². The average Bonchev–Trinajstić information content (AvgIpc) is 2.90. The van der Waals surface area contributed by atoms with Gasteiger partial charge < -0.3 is 10.2 Å². The van der Waals surface area contributed by atoms with Crippen LogP contribution in [0.3, 0.4) is 0 Å². The van der Waals surface area contributed by atoms with Crippen LogP contribution in [0.5, 0.6) is 5.75 Å². The van der Waals surface area contributed by atoms with Crippen molar-refractivity contribution in [1.29, 1.82) is 0 Å². The number of hydrogen-bond donors (Lipinski definition) is 2. The first-order chi connectivity index (χ1) is 19.9. The number of phenolic OH excluding ortho intramolecular Hbond substituents is 1. The first-order valence-corrected chi connectivity index (χ1v) is 14.8. The van der Waals surface area contributed by atoms with E-state index in [2.05, 4.69) is 0 Å². The van der Waals surface area contributed by atoms with Gasteiger partial charge in [0.2, 0.25) is 0 Å². The molecule has 0 spiro atoms. The number of Topliss-reactive ketones (excluding diaryl/α,β-unsaturated/α-hetero) is 6. The van der Waals surface area contributed by atoms with Crippen LogP contribution in [0.2, 0.25) is 0 Å². The van der Waals surface area contributed by atoms with Gasteiger partial charge in [-0.2, -0.15) is 0 Å². The lowest BCUT2D eigenvalue weighted by atomic mass is 9.40. The summed E-state index contributed by atoms with van der Waals surface area (Å²) in [4.78, 5) is 81.4. The number of carbonyl (C=O) groups is 6. The summed E-state index contributed by atoms with van der Waals surface area (Å²) < 4.78 is 0. The third-order valence-corrected chi connectivity index (χ3v) is 10.2. The summed E-state index contributed by atoms with van der Waals surface area (Å²) in [6.45, 7) is 11.5. The quantitative estimate of drug-likeness (QED) is 0.382. The van der Waals surface area contributed by atoms with Crippen LogP contribution in [-0.4, -0.2) is 50.5 Å². The van der Waals surface area contributed by atoms with Gasteiger partial charge in [-0.1, -0.05) is 65.8 Å². The van der Waals surface area contributed by atoms with Gasteiger partial charge in [0.05, 0.1) is 11.5 Å². The van der Waals surface area contributed by atoms with Crippen LogP contribution in [0, 0.1) is 40.4 Å². The lowest BCUT2D eigenvalue weighted by Gasteiger charge is -2.61. The number of aliphatic hydroxyl groups is 1. The standard InChI is InChI=1S/C35H38O8/c1-16(2)26-29(39)24(18(5)36)31(41)35(43)32(42)27-30(40)25-22(14-33(27,6)15-34(26,35)7)21(11-12-23(25)37)19-9-8-10-20(13-19)28(38)17(3)4/h8-13,16-17,24,26-27,37,43H,14-15H2,1-7H3/t24?,26?,27?,33-,34-,35+/m1/s1. The topological polar surface area (TPSA) is 143 Å². The molecule has 2 fully saturated rings. The molecule has 0 bridgehead atoms. The number of carbonyl (C=O) groups excluding carboxylic acids is 6. The van der Waals surface area contributed by atoms with Gasteiger partial charge in [-0.15, -0.1) is 0 Å². The maximum Gasteiger partial charge on any atom is 0.190 e. The minimum Gasteiger partial charge on any atom is -0.507 e. The van der Waals surface area contributed by atoms with Gasteiger partial charge in [0, 0.05) is 22.8 Å². The fraction of sp³-hybridized carbons (Fsp3) is 0.486. The van der Waals surface area contributed by atoms with E-state index in [1.807, 2.05) is 19.9 Å². The van der Waals surface area contributed by atoms with Gasteiger partial charge in [-0.3, -0.25) is 28.8 Å². The lowest BCUT2D eigenvalue weighted by Crippen LogP contribution is -2.76. The molecule has 2 aromatic carbocycles. The van der Waals surface area contributed by atoms with Crippen molar-refractivity contribution in [3.63, 3.8) is 0 Å². The van der Waals surface area contributed by atoms with Crippen molar-refractivity contribution in [3.05, 3.63) is 53.1 Å². The second-order valence-electron chi connectivity index (χ2n) is 13.9. The van der Waals surface area contributed by atoms with E-state index in [0.29, 0.717) is 22.3 Å². The van der Waals surface area contributed by atoms with Gasteiger partial charge in [0.15, 0.2) is 34.5 Å². The van der Waals surface area contributed by atoms with E-state index < -0.39 is 69.0 Å². The number of benzene rings is 2. The summed E-state index contributed by atoms with van der Waals surface area (Å²) in [7, 11) is 0. The van der Waals surface area contributed by atoms with E-state index in [1.165, 1.54) is 6.07 Å². The second-order valence-corrected chi connectivity index (χ2v) is 13.9. The minimum absolute atomic E-state index is 0.0238. The van der Waals surface area contributed by atoms with Crippen molar-refractivity contribution < 1.29 is 39.0 Å². The Hall–Kier alpha value is -3.78. The van der Waals surface area contributed by atoms with Crippen molar-refractivity contribution in [1.82, 2.24) is 0 Å². The molecule has 0 radical (unpaired) electrons. The van der Waals surface area contributed by atoms with Gasteiger partial charge in [-0.05, 0) is 59.9 Å². The summed E-state index contributed by atoms with van der Waals surface area (Å²) in [5.74, 6) is -9.56. The highest BCUT2D eigenvalue weighted by molar-refractivity contribution is 6.32. The number of ketones is 6. The Morgan fingerprint density at radius 3 is 2.19 bits per heavy atom. The Labute approximate surface area is 250 Å². The van der Waals surface area contributed by atoms with E-state index >= 15 is 0 Å². The third kappa shape index (κ3) is 4.05. The Morgan fingerprint density at radius 2 is 1.60 bits per heavy atom. The van der Waals surface area contributed by atoms with Gasteiger partial charge in [0.25, 0.3) is 0 Å². The molecule has 8 nitrogen and oxygen atoms in total. The van der Waals surface area contributed by atoms with E-state index in [9.17, 15) is 39.0 Å². The third-order valence-electron chi connectivity index (χ3n) is 10.2. The van der Waals surface area contributed by atoms with Crippen LogP contribution >= 0.6 is 0 Å². The Balaban J connectivity index is 1.72. The van der Waals surface area contributed by atoms with Crippen LogP contribution in [-0.2, 0) is 25.6 Å². The normalized spacial score (nSPS) is 32.0. The van der Waals surface area contributed by atoms with Crippen LogP contribution in [0.25, 0.3) is 11.1 Å². The molecule has 5 rings (SSSR count). The number of phenols is 1. The highest BCUT2D eigenvalue weighted by Crippen LogP contribution is 2.64. The van der Waals surface area contributed by atoms with Gasteiger partial charge in [-0.25, -0.2) is 0 Å². The molecule has 0 aromatic heterocycles. The molecule has 3 unspecified atom stereocenters. The van der Waals surface area contributed by atoms with Crippen molar-refractivity contribution in [2.75, 3.05) is 0 Å². The summed E-state index contributed by atoms with van der Waals surface area (Å²) in [5.41, 5.74) is -3.23. The monoisotopic (exact) mass is 586 g/mol. The van der Waals surface area contributed by atoms with E-state index in [4.69, 9.17) is 0 Å². The SMILES string of the molecule is CC(=O)C1C(=O)C(C(C)C)[C@@]2(C)C[C@@]3(C)Cc4c(-c5cccc(C(=O)C(C)C)c5)ccc(O)c4C(=O)C3C(=O)[C@@]2(O)C1=O. The second kappa shape index (κ2) is 9.88. The highest BCUT2D eigenvalue weighted by Gasteiger charge is 2.76. The molecular weight excluding hydrogens is 548 g/mol. The van der Waals surface area contributed by atoms with Gasteiger partial charge in [0.1, 0.15) is 17.5 Å². The molecule has 2 aromatic rings. The van der Waals surface area contributed by atoms with E-state index in [0.717, 1.165) is 6.92 Å². The van der Waals surface area contributed by atoms with E-state index in [-0.39, 0.29) is 35.9 Å². The van der Waals surface area contributed by atoms with Gasteiger partial charge >= 0.3 is 0 Å². The predicted octanol–water partition coefficient (Wildman–Crippen LogP) is 4.60. The fourth-order valence-corrected chi connectivity index (χ4v) is 8.58. The van der Waals surface area contributed by atoms with Crippen molar-refractivity contribution in [2.24, 2.45) is 40.4 Å². The summed E-state index contributed by atoms with van der Waals surface area (Å²) >= 11 is 0. The molecule has 2 saturated carbocycles. The van der Waals surface area contributed by atoms with Crippen molar-refractivity contribution in [2.45, 2.75) is 66.9 Å². The molecule has 226 valence electrons.